The molecule has 0 radical (unpaired) electrons. The van der Waals surface area contributed by atoms with Crippen LogP contribution in [0.5, 0.6) is 5.75 Å². The number of aromatic amines is 1. The Balaban J connectivity index is 1.67. The summed E-state index contributed by atoms with van der Waals surface area (Å²) in [6.45, 7) is 0. The number of fused-ring (bicyclic) bond motifs is 2. The lowest BCUT2D eigenvalue weighted by atomic mass is 9.87. The second-order valence-corrected chi connectivity index (χ2v) is 5.64. The molecule has 21 heavy (non-hydrogen) atoms. The van der Waals surface area contributed by atoms with Crippen LogP contribution < -0.4 is 5.32 Å². The van der Waals surface area contributed by atoms with Gasteiger partial charge in [-0.1, -0.05) is 6.07 Å². The van der Waals surface area contributed by atoms with Crippen molar-refractivity contribution in [3.8, 4) is 5.75 Å². The third-order valence-corrected chi connectivity index (χ3v) is 4.22. The van der Waals surface area contributed by atoms with Gasteiger partial charge in [-0.15, -0.1) is 0 Å². The van der Waals surface area contributed by atoms with Crippen molar-refractivity contribution in [2.45, 2.75) is 25.3 Å². The van der Waals surface area contributed by atoms with E-state index in [0.717, 1.165) is 29.4 Å². The molecule has 0 saturated heterocycles. The second kappa shape index (κ2) is 4.81. The Hall–Kier alpha value is -2.49. The SMILES string of the molecule is Oc1ccc2c(c1)C(Nc1ccc3[nH]ncc3c1)CCC2. The van der Waals surface area contributed by atoms with Gasteiger partial charge in [-0.25, -0.2) is 0 Å². The van der Waals surface area contributed by atoms with Crippen molar-refractivity contribution in [2.75, 3.05) is 5.32 Å². The summed E-state index contributed by atoms with van der Waals surface area (Å²) < 4.78 is 0. The minimum Gasteiger partial charge on any atom is -0.508 e. The zero-order valence-corrected chi connectivity index (χ0v) is 11.6. The van der Waals surface area contributed by atoms with Crippen molar-refractivity contribution >= 4 is 16.6 Å². The minimum atomic E-state index is 0.255. The fourth-order valence-electron chi connectivity index (χ4n) is 3.17. The first-order chi connectivity index (χ1) is 10.3. The average Bonchev–Trinajstić information content (AvgIpc) is 2.95. The standard InChI is InChI=1S/C17H17N3O/c21-14-6-4-11-2-1-3-17(15(11)9-14)19-13-5-7-16-12(8-13)10-18-20-16/h4-10,17,19,21H,1-3H2,(H,18,20). The quantitative estimate of drug-likeness (QED) is 0.669. The van der Waals surface area contributed by atoms with Crippen LogP contribution in [-0.2, 0) is 6.42 Å². The maximum atomic E-state index is 9.75. The molecule has 106 valence electrons. The molecule has 0 saturated carbocycles. The predicted molar refractivity (Wildman–Crippen MR) is 83.5 cm³/mol. The molecule has 3 aromatic rings. The summed E-state index contributed by atoms with van der Waals surface area (Å²) in [4.78, 5) is 0. The first-order valence-electron chi connectivity index (χ1n) is 7.31. The minimum absolute atomic E-state index is 0.255. The zero-order valence-electron chi connectivity index (χ0n) is 11.6. The largest absolute Gasteiger partial charge is 0.508 e. The maximum absolute atomic E-state index is 9.75. The van der Waals surface area contributed by atoms with Gasteiger partial charge in [0.1, 0.15) is 5.75 Å². The Morgan fingerprint density at radius 2 is 2.14 bits per heavy atom. The van der Waals surface area contributed by atoms with Crippen molar-refractivity contribution in [2.24, 2.45) is 0 Å². The van der Waals surface area contributed by atoms with Gasteiger partial charge in [-0.3, -0.25) is 5.10 Å². The van der Waals surface area contributed by atoms with Gasteiger partial charge in [0.25, 0.3) is 0 Å². The molecule has 0 amide bonds. The van der Waals surface area contributed by atoms with Crippen LogP contribution in [0.4, 0.5) is 5.69 Å². The van der Waals surface area contributed by atoms with Crippen molar-refractivity contribution in [1.29, 1.82) is 0 Å². The number of aryl methyl sites for hydroxylation is 1. The average molecular weight is 279 g/mol. The molecule has 0 fully saturated rings. The van der Waals surface area contributed by atoms with E-state index in [1.807, 2.05) is 24.4 Å². The Labute approximate surface area is 122 Å². The van der Waals surface area contributed by atoms with E-state index in [1.165, 1.54) is 17.5 Å². The molecular weight excluding hydrogens is 262 g/mol. The lowest BCUT2D eigenvalue weighted by molar-refractivity contribution is 0.471. The fraction of sp³-hybridized carbons (Fsp3) is 0.235. The molecule has 4 rings (SSSR count). The molecule has 0 aliphatic heterocycles. The molecule has 1 unspecified atom stereocenters. The lowest BCUT2D eigenvalue weighted by Gasteiger charge is -2.27. The monoisotopic (exact) mass is 279 g/mol. The normalized spacial score (nSPS) is 17.6. The van der Waals surface area contributed by atoms with Crippen LogP contribution in [0.25, 0.3) is 10.9 Å². The topological polar surface area (TPSA) is 60.9 Å². The van der Waals surface area contributed by atoms with Crippen LogP contribution in [0.15, 0.2) is 42.6 Å². The summed E-state index contributed by atoms with van der Waals surface area (Å²) in [5, 5.41) is 21.5. The number of benzene rings is 2. The van der Waals surface area contributed by atoms with E-state index >= 15 is 0 Å². The molecule has 4 nitrogen and oxygen atoms in total. The van der Waals surface area contributed by atoms with Gasteiger partial charge >= 0.3 is 0 Å². The van der Waals surface area contributed by atoms with Crippen molar-refractivity contribution in [1.82, 2.24) is 10.2 Å². The van der Waals surface area contributed by atoms with Gasteiger partial charge in [0.15, 0.2) is 0 Å². The van der Waals surface area contributed by atoms with E-state index < -0.39 is 0 Å². The molecule has 1 aliphatic carbocycles. The molecule has 3 N–H and O–H groups in total. The third kappa shape index (κ3) is 2.23. The summed E-state index contributed by atoms with van der Waals surface area (Å²) in [5.41, 5.74) is 4.68. The van der Waals surface area contributed by atoms with Gasteiger partial charge in [-0.2, -0.15) is 5.10 Å². The number of aromatic hydroxyl groups is 1. The van der Waals surface area contributed by atoms with Crippen molar-refractivity contribution in [3.63, 3.8) is 0 Å². The first-order valence-corrected chi connectivity index (χ1v) is 7.31. The molecule has 1 heterocycles. The predicted octanol–water partition coefficient (Wildman–Crippen LogP) is 3.76. The number of hydrogen-bond acceptors (Lipinski definition) is 3. The van der Waals surface area contributed by atoms with Crippen LogP contribution in [0, 0.1) is 0 Å². The molecule has 0 spiro atoms. The number of hydrogen-bond donors (Lipinski definition) is 3. The molecule has 1 aliphatic rings. The van der Waals surface area contributed by atoms with E-state index in [0.29, 0.717) is 5.75 Å². The van der Waals surface area contributed by atoms with Crippen LogP contribution >= 0.6 is 0 Å². The maximum Gasteiger partial charge on any atom is 0.115 e. The summed E-state index contributed by atoms with van der Waals surface area (Å²) >= 11 is 0. The van der Waals surface area contributed by atoms with E-state index in [9.17, 15) is 5.11 Å². The Bertz CT molecular complexity index is 794. The van der Waals surface area contributed by atoms with Crippen LogP contribution in [0.2, 0.25) is 0 Å². The number of nitrogens with zero attached hydrogens (tertiary/aromatic N) is 1. The highest BCUT2D eigenvalue weighted by Gasteiger charge is 2.20. The van der Waals surface area contributed by atoms with Gasteiger partial charge in [0.2, 0.25) is 0 Å². The Kier molecular flexibility index (Phi) is 2.81. The van der Waals surface area contributed by atoms with E-state index in [4.69, 9.17) is 0 Å². The number of H-pyrrole nitrogens is 1. The van der Waals surface area contributed by atoms with Gasteiger partial charge in [0, 0.05) is 11.1 Å². The Morgan fingerprint density at radius 1 is 1.19 bits per heavy atom. The summed E-state index contributed by atoms with van der Waals surface area (Å²) in [5.74, 6) is 0.340. The van der Waals surface area contributed by atoms with Crippen LogP contribution in [-0.4, -0.2) is 15.3 Å². The highest BCUT2D eigenvalue weighted by Crippen LogP contribution is 2.34. The molecule has 4 heteroatoms. The molecule has 2 aromatic carbocycles. The van der Waals surface area contributed by atoms with E-state index in [2.05, 4.69) is 27.6 Å². The molecule has 1 aromatic heterocycles. The summed E-state index contributed by atoms with van der Waals surface area (Å²) in [6, 6.07) is 12.2. The van der Waals surface area contributed by atoms with Gasteiger partial charge in [-0.05, 0) is 60.7 Å². The number of phenols is 1. The van der Waals surface area contributed by atoms with Gasteiger partial charge < -0.3 is 10.4 Å². The van der Waals surface area contributed by atoms with E-state index in [1.54, 1.807) is 6.07 Å². The lowest BCUT2D eigenvalue weighted by Crippen LogP contribution is -2.17. The van der Waals surface area contributed by atoms with Crippen molar-refractivity contribution in [3.05, 3.63) is 53.7 Å². The Morgan fingerprint density at radius 3 is 3.10 bits per heavy atom. The summed E-state index contributed by atoms with van der Waals surface area (Å²) in [6.07, 6.45) is 5.18. The summed E-state index contributed by atoms with van der Waals surface area (Å²) in [7, 11) is 0. The first kappa shape index (κ1) is 12.3. The highest BCUT2D eigenvalue weighted by atomic mass is 16.3. The second-order valence-electron chi connectivity index (χ2n) is 5.64. The number of phenolic OH excluding ortho intramolecular Hbond substituents is 1. The molecule has 0 bridgehead atoms. The van der Waals surface area contributed by atoms with E-state index in [-0.39, 0.29) is 6.04 Å². The number of rotatable bonds is 2. The fourth-order valence-corrected chi connectivity index (χ4v) is 3.17. The number of aromatic nitrogens is 2. The third-order valence-electron chi connectivity index (χ3n) is 4.22. The van der Waals surface area contributed by atoms with Gasteiger partial charge in [0.05, 0.1) is 17.8 Å². The van der Waals surface area contributed by atoms with Crippen LogP contribution in [0.1, 0.15) is 30.0 Å². The van der Waals surface area contributed by atoms with Crippen molar-refractivity contribution < 1.29 is 5.11 Å². The molecule has 1 atom stereocenters. The highest BCUT2D eigenvalue weighted by molar-refractivity contribution is 5.81. The number of anilines is 1. The van der Waals surface area contributed by atoms with Crippen LogP contribution in [0.3, 0.4) is 0 Å². The smallest absolute Gasteiger partial charge is 0.115 e. The zero-order chi connectivity index (χ0) is 14.2. The molecular formula is C17H17N3O. The number of nitrogens with one attached hydrogen (secondary N) is 2.